The van der Waals surface area contributed by atoms with Crippen molar-refractivity contribution in [3.05, 3.63) is 65.1 Å². The molecule has 0 N–H and O–H groups in total. The molecule has 0 spiro atoms. The third kappa shape index (κ3) is 3.43. The van der Waals surface area contributed by atoms with Crippen molar-refractivity contribution < 1.29 is 0 Å². The van der Waals surface area contributed by atoms with Gasteiger partial charge in [-0.25, -0.2) is 15.0 Å². The van der Waals surface area contributed by atoms with E-state index >= 15 is 0 Å². The van der Waals surface area contributed by atoms with Crippen molar-refractivity contribution >= 4 is 28.4 Å². The van der Waals surface area contributed by atoms with Crippen LogP contribution in [0.15, 0.2) is 36.7 Å². The molecule has 5 heterocycles. The molecule has 6 nitrogen and oxygen atoms in total. The van der Waals surface area contributed by atoms with Crippen LogP contribution < -0.4 is 4.90 Å². The van der Waals surface area contributed by atoms with E-state index in [-0.39, 0.29) is 0 Å². The molecule has 0 bridgehead atoms. The van der Waals surface area contributed by atoms with Crippen molar-refractivity contribution in [2.45, 2.75) is 40.5 Å². The summed E-state index contributed by atoms with van der Waals surface area (Å²) in [4.78, 5) is 20.9. The highest BCUT2D eigenvalue weighted by atomic mass is 15.1. The highest BCUT2D eigenvalue weighted by Crippen LogP contribution is 2.29. The third-order valence-corrected chi connectivity index (χ3v) is 5.48. The number of pyridine rings is 2. The quantitative estimate of drug-likeness (QED) is 0.504. The fraction of sp³-hybridized carbons (Fsp3) is 0.333. The molecule has 6 heteroatoms. The van der Waals surface area contributed by atoms with E-state index in [0.717, 1.165) is 53.3 Å². The number of nitrogens with zero attached hydrogens (tertiary/aromatic N) is 6. The predicted molar refractivity (Wildman–Crippen MR) is 123 cm³/mol. The van der Waals surface area contributed by atoms with Gasteiger partial charge in [0.05, 0.1) is 16.9 Å². The molecule has 5 rings (SSSR count). The number of aryl methyl sites for hydroxylation is 4. The zero-order valence-electron chi connectivity index (χ0n) is 18.3. The van der Waals surface area contributed by atoms with Crippen LogP contribution in [0.25, 0.3) is 22.8 Å². The van der Waals surface area contributed by atoms with Crippen LogP contribution in [0, 0.1) is 13.8 Å². The number of rotatable bonds is 3. The molecule has 0 aromatic carbocycles. The lowest BCUT2D eigenvalue weighted by Gasteiger charge is -2.23. The first-order valence-corrected chi connectivity index (χ1v) is 10.6. The smallest absolute Gasteiger partial charge is 0.146 e. The number of anilines is 1. The molecule has 4 aromatic rings. The van der Waals surface area contributed by atoms with Crippen LogP contribution >= 0.6 is 0 Å². The van der Waals surface area contributed by atoms with Gasteiger partial charge in [0, 0.05) is 49.4 Å². The maximum absolute atomic E-state index is 4.98. The fourth-order valence-electron chi connectivity index (χ4n) is 3.96. The van der Waals surface area contributed by atoms with Crippen molar-refractivity contribution in [3.8, 4) is 0 Å². The van der Waals surface area contributed by atoms with Crippen LogP contribution in [0.3, 0.4) is 0 Å². The van der Waals surface area contributed by atoms with Crippen molar-refractivity contribution in [2.24, 2.45) is 0 Å². The van der Waals surface area contributed by atoms with Crippen LogP contribution in [0.4, 0.5) is 5.69 Å². The first kappa shape index (κ1) is 20.0. The Morgan fingerprint density at radius 1 is 1.03 bits per heavy atom. The lowest BCUT2D eigenvalue weighted by atomic mass is 10.1. The SMILES string of the molecule is CC.Cc1nc(CCc2nc3c4c(ccn3c2C)N(C)CC=C4)nc2cccnc12. The third-order valence-electron chi connectivity index (χ3n) is 5.48. The summed E-state index contributed by atoms with van der Waals surface area (Å²) in [6.45, 7) is 9.06. The first-order chi connectivity index (χ1) is 14.6. The highest BCUT2D eigenvalue weighted by Gasteiger charge is 2.17. The van der Waals surface area contributed by atoms with E-state index in [1.807, 2.05) is 32.9 Å². The number of hydrogen-bond donors (Lipinski definition) is 0. The second-order valence-electron chi connectivity index (χ2n) is 7.33. The number of hydrogen-bond acceptors (Lipinski definition) is 5. The summed E-state index contributed by atoms with van der Waals surface area (Å²) < 4.78 is 2.19. The van der Waals surface area contributed by atoms with Crippen molar-refractivity contribution in [3.63, 3.8) is 0 Å². The molecule has 0 radical (unpaired) electrons. The lowest BCUT2D eigenvalue weighted by Crippen LogP contribution is -2.20. The monoisotopic (exact) mass is 400 g/mol. The minimum Gasteiger partial charge on any atom is -0.370 e. The Kier molecular flexibility index (Phi) is 5.48. The average Bonchev–Trinajstić information content (AvgIpc) is 3.10. The molecule has 0 aliphatic carbocycles. The van der Waals surface area contributed by atoms with Gasteiger partial charge < -0.3 is 9.30 Å². The van der Waals surface area contributed by atoms with Crippen LogP contribution in [0.2, 0.25) is 0 Å². The summed E-state index contributed by atoms with van der Waals surface area (Å²) in [6.07, 6.45) is 9.85. The van der Waals surface area contributed by atoms with Crippen LogP contribution in [0.5, 0.6) is 0 Å². The van der Waals surface area contributed by atoms with Crippen molar-refractivity contribution in [2.75, 3.05) is 18.5 Å². The standard InChI is InChI=1S/C22H22N6.C2H6/c1-14-21-18(7-4-11-23-21)25-20(24-14)9-8-17-15(2)28-13-10-19-16(22(28)26-17)6-5-12-27(19)3;1-2/h4-7,10-11,13H,8-9,12H2,1-3H3;1-2H3. The Labute approximate surface area is 177 Å². The Morgan fingerprint density at radius 2 is 1.87 bits per heavy atom. The van der Waals surface area contributed by atoms with Gasteiger partial charge in [-0.2, -0.15) is 0 Å². The van der Waals surface area contributed by atoms with Gasteiger partial charge in [-0.15, -0.1) is 0 Å². The van der Waals surface area contributed by atoms with E-state index in [2.05, 4.69) is 62.6 Å². The van der Waals surface area contributed by atoms with Crippen LogP contribution in [-0.2, 0) is 12.8 Å². The summed E-state index contributed by atoms with van der Waals surface area (Å²) in [5, 5.41) is 0. The zero-order valence-corrected chi connectivity index (χ0v) is 18.3. The number of aromatic nitrogens is 5. The molecule has 154 valence electrons. The van der Waals surface area contributed by atoms with E-state index in [4.69, 9.17) is 4.98 Å². The Hall–Kier alpha value is -3.28. The summed E-state index contributed by atoms with van der Waals surface area (Å²) in [5.41, 5.74) is 8.42. The second kappa shape index (κ2) is 8.22. The van der Waals surface area contributed by atoms with Crippen LogP contribution in [0.1, 0.15) is 42.3 Å². The highest BCUT2D eigenvalue weighted by molar-refractivity contribution is 5.81. The predicted octanol–water partition coefficient (Wildman–Crippen LogP) is 4.56. The molecular formula is C24H28N6. The van der Waals surface area contributed by atoms with E-state index < -0.39 is 0 Å². The van der Waals surface area contributed by atoms with E-state index in [0.29, 0.717) is 0 Å². The maximum Gasteiger partial charge on any atom is 0.146 e. The molecule has 0 saturated heterocycles. The Balaban J connectivity index is 0.00000106. The van der Waals surface area contributed by atoms with Gasteiger partial charge in [0.1, 0.15) is 17.0 Å². The molecule has 0 atom stereocenters. The molecule has 0 saturated carbocycles. The number of likely N-dealkylation sites (N-methyl/N-ethyl adjacent to an activating group) is 1. The van der Waals surface area contributed by atoms with Gasteiger partial charge in [-0.05, 0) is 38.5 Å². The molecular weight excluding hydrogens is 372 g/mol. The van der Waals surface area contributed by atoms with E-state index in [1.54, 1.807) is 6.20 Å². The van der Waals surface area contributed by atoms with Gasteiger partial charge in [0.2, 0.25) is 0 Å². The lowest BCUT2D eigenvalue weighted by molar-refractivity contribution is 0.835. The zero-order chi connectivity index (χ0) is 21.3. The average molecular weight is 401 g/mol. The molecule has 0 fully saturated rings. The first-order valence-electron chi connectivity index (χ1n) is 10.6. The van der Waals surface area contributed by atoms with Gasteiger partial charge in [0.15, 0.2) is 0 Å². The van der Waals surface area contributed by atoms with Crippen LogP contribution in [-0.4, -0.2) is 37.9 Å². The topological polar surface area (TPSA) is 59.2 Å². The molecule has 1 aliphatic rings. The minimum absolute atomic E-state index is 0.758. The summed E-state index contributed by atoms with van der Waals surface area (Å²) in [5.74, 6) is 0.844. The van der Waals surface area contributed by atoms with E-state index in [1.165, 1.54) is 16.9 Å². The fourth-order valence-corrected chi connectivity index (χ4v) is 3.96. The molecule has 30 heavy (non-hydrogen) atoms. The normalized spacial score (nSPS) is 12.8. The minimum atomic E-state index is 0.758. The van der Waals surface area contributed by atoms with Gasteiger partial charge in [-0.3, -0.25) is 4.98 Å². The maximum atomic E-state index is 4.98. The summed E-state index contributed by atoms with van der Waals surface area (Å²) in [6, 6.07) is 6.08. The molecule has 1 aliphatic heterocycles. The molecule has 0 unspecified atom stereocenters. The molecule has 4 aromatic heterocycles. The van der Waals surface area contributed by atoms with E-state index in [9.17, 15) is 0 Å². The Bertz CT molecular complexity index is 1240. The summed E-state index contributed by atoms with van der Waals surface area (Å²) >= 11 is 0. The second-order valence-corrected chi connectivity index (χ2v) is 7.33. The van der Waals surface area contributed by atoms with Gasteiger partial charge in [0.25, 0.3) is 0 Å². The van der Waals surface area contributed by atoms with Gasteiger partial charge in [-0.1, -0.05) is 26.0 Å². The summed E-state index contributed by atoms with van der Waals surface area (Å²) in [7, 11) is 2.11. The van der Waals surface area contributed by atoms with Crippen molar-refractivity contribution in [1.29, 1.82) is 0 Å². The largest absolute Gasteiger partial charge is 0.370 e. The Morgan fingerprint density at radius 3 is 2.70 bits per heavy atom. The number of fused-ring (bicyclic) bond motifs is 4. The molecule has 0 amide bonds. The van der Waals surface area contributed by atoms with Crippen molar-refractivity contribution in [1.82, 2.24) is 24.3 Å². The number of imidazole rings is 1. The van der Waals surface area contributed by atoms with Gasteiger partial charge >= 0.3 is 0 Å².